The predicted octanol–water partition coefficient (Wildman–Crippen LogP) is 6.99. The Morgan fingerprint density at radius 1 is 1.16 bits per heavy atom. The van der Waals surface area contributed by atoms with E-state index in [2.05, 4.69) is 68.2 Å². The van der Waals surface area contributed by atoms with E-state index in [-0.39, 0.29) is 5.41 Å². The lowest BCUT2D eigenvalue weighted by Gasteiger charge is -2.37. The molecule has 1 fully saturated rings. The second-order valence-electron chi connectivity index (χ2n) is 6.75. The van der Waals surface area contributed by atoms with Crippen LogP contribution in [0.4, 0.5) is 0 Å². The lowest BCUT2D eigenvalue weighted by molar-refractivity contribution is 0.261. The summed E-state index contributed by atoms with van der Waals surface area (Å²) in [4.78, 5) is 0. The average Bonchev–Trinajstić information content (AvgIpc) is 2.94. The van der Waals surface area contributed by atoms with Crippen LogP contribution in [0.2, 0.25) is 0 Å². The van der Waals surface area contributed by atoms with Crippen molar-refractivity contribution in [1.82, 2.24) is 0 Å². The summed E-state index contributed by atoms with van der Waals surface area (Å²) in [5.74, 6) is 0.831. The molecule has 0 aliphatic heterocycles. The second kappa shape index (κ2) is 10.8. The highest BCUT2D eigenvalue weighted by Crippen LogP contribution is 2.45. The quantitative estimate of drug-likeness (QED) is 0.264. The van der Waals surface area contributed by atoms with E-state index in [0.717, 1.165) is 18.6 Å². The van der Waals surface area contributed by atoms with E-state index in [0.29, 0.717) is 6.61 Å². The summed E-state index contributed by atoms with van der Waals surface area (Å²) in [6.45, 7) is 6.59. The second-order valence-corrected chi connectivity index (χ2v) is 6.75. The zero-order chi connectivity index (χ0) is 17.8. The van der Waals surface area contributed by atoms with Gasteiger partial charge < -0.3 is 4.74 Å². The van der Waals surface area contributed by atoms with Gasteiger partial charge in [-0.2, -0.15) is 0 Å². The summed E-state index contributed by atoms with van der Waals surface area (Å²) in [6, 6.07) is 0. The highest BCUT2D eigenvalue weighted by Gasteiger charge is 2.32. The van der Waals surface area contributed by atoms with Crippen molar-refractivity contribution in [3.8, 4) is 0 Å². The van der Waals surface area contributed by atoms with Gasteiger partial charge in [-0.15, -0.1) is 0 Å². The molecule has 0 aromatic carbocycles. The first kappa shape index (κ1) is 19.3. The Morgan fingerprint density at radius 3 is 2.76 bits per heavy atom. The van der Waals surface area contributed by atoms with Crippen LogP contribution in [0.15, 0.2) is 84.7 Å². The van der Waals surface area contributed by atoms with E-state index in [1.165, 1.54) is 37.7 Å². The Bertz CT molecular complexity index is 590. The molecule has 1 heteroatoms. The van der Waals surface area contributed by atoms with E-state index in [4.69, 9.17) is 4.74 Å². The largest absolute Gasteiger partial charge is 0.490 e. The SMILES string of the molecule is C=C/C(=C\C=C\C1(C2=CC=CC=CC2)CCCCC1)OC/C=C/CC. The fourth-order valence-electron chi connectivity index (χ4n) is 3.61. The molecule has 0 unspecified atom stereocenters. The Morgan fingerprint density at radius 2 is 2.00 bits per heavy atom. The van der Waals surface area contributed by atoms with Gasteiger partial charge in [-0.25, -0.2) is 0 Å². The highest BCUT2D eigenvalue weighted by atomic mass is 16.5. The van der Waals surface area contributed by atoms with Crippen LogP contribution in [0.1, 0.15) is 51.9 Å². The van der Waals surface area contributed by atoms with Gasteiger partial charge in [0.25, 0.3) is 0 Å². The number of hydrogen-bond donors (Lipinski definition) is 0. The van der Waals surface area contributed by atoms with Gasteiger partial charge in [-0.05, 0) is 37.8 Å². The lowest BCUT2D eigenvalue weighted by Crippen LogP contribution is -2.24. The number of ether oxygens (including phenoxy) is 1. The third-order valence-corrected chi connectivity index (χ3v) is 5.00. The third kappa shape index (κ3) is 6.08. The van der Waals surface area contributed by atoms with E-state index >= 15 is 0 Å². The minimum atomic E-state index is 0.197. The van der Waals surface area contributed by atoms with Crippen molar-refractivity contribution < 1.29 is 4.74 Å². The Kier molecular flexibility index (Phi) is 8.31. The van der Waals surface area contributed by atoms with Gasteiger partial charge in [0.15, 0.2) is 0 Å². The molecule has 0 N–H and O–H groups in total. The van der Waals surface area contributed by atoms with E-state index in [1.807, 2.05) is 6.08 Å². The molecule has 0 bridgehead atoms. The van der Waals surface area contributed by atoms with Gasteiger partial charge in [-0.3, -0.25) is 0 Å². The monoisotopic (exact) mass is 336 g/mol. The Balaban J connectivity index is 2.11. The molecule has 134 valence electrons. The predicted molar refractivity (Wildman–Crippen MR) is 109 cm³/mol. The first-order valence-corrected chi connectivity index (χ1v) is 9.63. The molecule has 0 spiro atoms. The summed E-state index contributed by atoms with van der Waals surface area (Å²) in [5, 5.41) is 0. The maximum Gasteiger partial charge on any atom is 0.119 e. The fraction of sp³-hybridized carbons (Fsp3) is 0.417. The Labute approximate surface area is 153 Å². The van der Waals surface area contributed by atoms with Crippen LogP contribution in [-0.2, 0) is 4.74 Å². The Hall–Kier alpha value is -2.02. The molecule has 0 saturated heterocycles. The molecule has 25 heavy (non-hydrogen) atoms. The number of hydrogen-bond acceptors (Lipinski definition) is 1. The smallest absolute Gasteiger partial charge is 0.119 e. The minimum absolute atomic E-state index is 0.197. The summed E-state index contributed by atoms with van der Waals surface area (Å²) >= 11 is 0. The van der Waals surface area contributed by atoms with Crippen molar-refractivity contribution in [2.45, 2.75) is 51.9 Å². The van der Waals surface area contributed by atoms with Crippen molar-refractivity contribution in [1.29, 1.82) is 0 Å². The van der Waals surface area contributed by atoms with Crippen LogP contribution < -0.4 is 0 Å². The maximum absolute atomic E-state index is 5.75. The van der Waals surface area contributed by atoms with Crippen molar-refractivity contribution in [2.75, 3.05) is 6.61 Å². The van der Waals surface area contributed by atoms with Gasteiger partial charge >= 0.3 is 0 Å². The summed E-state index contributed by atoms with van der Waals surface area (Å²) in [5.41, 5.74) is 1.73. The maximum atomic E-state index is 5.75. The molecule has 1 nitrogen and oxygen atoms in total. The molecule has 0 atom stereocenters. The zero-order valence-electron chi connectivity index (χ0n) is 15.6. The third-order valence-electron chi connectivity index (χ3n) is 5.00. The summed E-state index contributed by atoms with van der Waals surface area (Å²) in [7, 11) is 0. The van der Waals surface area contributed by atoms with Crippen molar-refractivity contribution in [3.05, 3.63) is 84.7 Å². The van der Waals surface area contributed by atoms with Crippen LogP contribution in [0.3, 0.4) is 0 Å². The molecular formula is C24H32O. The standard InChI is InChI=1S/C24H32O/c1-3-5-13-21-25-23(4-2)17-14-20-24(18-11-8-12-19-24)22-15-9-6-7-10-16-22/h4-7,9-10,13-15,17,20H,2-3,8,11-12,16,18-19,21H2,1H3/b13-5+,20-14+,23-17+. The molecule has 0 radical (unpaired) electrons. The van der Waals surface area contributed by atoms with Gasteiger partial charge in [-0.1, -0.05) is 93.0 Å². The van der Waals surface area contributed by atoms with E-state index in [1.54, 1.807) is 6.08 Å². The molecule has 0 aromatic heterocycles. The first-order chi connectivity index (χ1) is 12.3. The number of allylic oxidation sites excluding steroid dienone is 11. The molecule has 2 rings (SSSR count). The highest BCUT2D eigenvalue weighted by molar-refractivity contribution is 5.33. The van der Waals surface area contributed by atoms with E-state index in [9.17, 15) is 0 Å². The van der Waals surface area contributed by atoms with Crippen LogP contribution in [0, 0.1) is 5.41 Å². The average molecular weight is 337 g/mol. The van der Waals surface area contributed by atoms with Crippen LogP contribution in [0.5, 0.6) is 0 Å². The zero-order valence-corrected chi connectivity index (χ0v) is 15.6. The molecule has 2 aliphatic rings. The minimum Gasteiger partial charge on any atom is -0.490 e. The molecular weight excluding hydrogens is 304 g/mol. The van der Waals surface area contributed by atoms with Gasteiger partial charge in [0.2, 0.25) is 0 Å². The molecule has 2 aliphatic carbocycles. The van der Waals surface area contributed by atoms with Crippen LogP contribution in [0.25, 0.3) is 0 Å². The van der Waals surface area contributed by atoms with Crippen molar-refractivity contribution in [2.24, 2.45) is 5.41 Å². The van der Waals surface area contributed by atoms with Crippen molar-refractivity contribution >= 4 is 0 Å². The normalized spacial score (nSPS) is 20.7. The number of rotatable bonds is 8. The van der Waals surface area contributed by atoms with Gasteiger partial charge in [0.05, 0.1) is 0 Å². The molecule has 0 heterocycles. The van der Waals surface area contributed by atoms with Crippen molar-refractivity contribution in [3.63, 3.8) is 0 Å². The molecule has 1 saturated carbocycles. The summed E-state index contributed by atoms with van der Waals surface area (Å²) < 4.78 is 5.75. The first-order valence-electron chi connectivity index (χ1n) is 9.63. The fourth-order valence-corrected chi connectivity index (χ4v) is 3.61. The topological polar surface area (TPSA) is 9.23 Å². The van der Waals surface area contributed by atoms with Crippen LogP contribution in [-0.4, -0.2) is 6.61 Å². The van der Waals surface area contributed by atoms with Gasteiger partial charge in [0.1, 0.15) is 12.4 Å². The molecule has 0 amide bonds. The lowest BCUT2D eigenvalue weighted by atomic mass is 9.68. The summed E-state index contributed by atoms with van der Waals surface area (Å²) in [6.07, 6.45) is 32.2. The van der Waals surface area contributed by atoms with E-state index < -0.39 is 0 Å². The molecule has 0 aromatic rings. The van der Waals surface area contributed by atoms with Crippen LogP contribution >= 0.6 is 0 Å². The van der Waals surface area contributed by atoms with Gasteiger partial charge in [0, 0.05) is 5.41 Å².